The first-order valence-electron chi connectivity index (χ1n) is 9.22. The predicted octanol–water partition coefficient (Wildman–Crippen LogP) is 3.58. The van der Waals surface area contributed by atoms with Crippen molar-refractivity contribution in [3.8, 4) is 5.75 Å². The molecule has 0 bridgehead atoms. The minimum atomic E-state index is -0.171. The van der Waals surface area contributed by atoms with Crippen molar-refractivity contribution in [2.45, 2.75) is 26.7 Å². The molecule has 2 N–H and O–H groups in total. The lowest BCUT2D eigenvalue weighted by Gasteiger charge is -2.08. The van der Waals surface area contributed by atoms with Crippen molar-refractivity contribution in [3.63, 3.8) is 0 Å². The first-order chi connectivity index (χ1) is 13.1. The minimum absolute atomic E-state index is 0.171. The number of hydrogen-bond donors (Lipinski definition) is 2. The van der Waals surface area contributed by atoms with E-state index < -0.39 is 0 Å². The Morgan fingerprint density at radius 1 is 1.15 bits per heavy atom. The molecule has 1 amide bonds. The fourth-order valence-electron chi connectivity index (χ4n) is 3.00. The van der Waals surface area contributed by atoms with Gasteiger partial charge in [0.05, 0.1) is 12.2 Å². The molecule has 0 aliphatic carbocycles. The number of fused-ring (bicyclic) bond motifs is 1. The molecule has 0 saturated heterocycles. The highest BCUT2D eigenvalue weighted by Gasteiger charge is 2.14. The molecule has 0 aliphatic heterocycles. The number of hydrogen-bond acceptors (Lipinski definition) is 4. The highest BCUT2D eigenvalue weighted by atomic mass is 16.5. The van der Waals surface area contributed by atoms with Gasteiger partial charge in [0.15, 0.2) is 0 Å². The number of ether oxygens (including phenoxy) is 1. The van der Waals surface area contributed by atoms with Crippen LogP contribution in [0.4, 0.5) is 5.69 Å². The number of carbonyl (C=O) groups excluding carboxylic acids is 1. The lowest BCUT2D eigenvalue weighted by molar-refractivity contribution is 0.102. The number of anilines is 1. The van der Waals surface area contributed by atoms with Crippen molar-refractivity contribution in [2.75, 3.05) is 25.5 Å². The van der Waals surface area contributed by atoms with Crippen LogP contribution in [0.25, 0.3) is 5.65 Å². The summed E-state index contributed by atoms with van der Waals surface area (Å²) in [7, 11) is 1.95. The Morgan fingerprint density at radius 2 is 1.93 bits per heavy atom. The highest BCUT2D eigenvalue weighted by Crippen LogP contribution is 2.19. The second-order valence-electron chi connectivity index (χ2n) is 6.60. The molecule has 6 nitrogen and oxygen atoms in total. The van der Waals surface area contributed by atoms with Crippen molar-refractivity contribution >= 4 is 17.2 Å². The minimum Gasteiger partial charge on any atom is -0.494 e. The molecule has 0 atom stereocenters. The standard InChI is InChI=1S/C21H26N4O2/c1-15-14-16(2)25-12-10-19(20(25)23-15)21(26)24-17-6-8-18(9-7-17)27-13-5-4-11-22-3/h6-10,12,14,22H,4-5,11,13H2,1-3H3,(H,24,26). The number of nitrogens with one attached hydrogen (secondary N) is 2. The zero-order valence-electron chi connectivity index (χ0n) is 16.1. The molecule has 3 rings (SSSR count). The van der Waals surface area contributed by atoms with Crippen molar-refractivity contribution in [3.05, 3.63) is 59.5 Å². The van der Waals surface area contributed by atoms with Crippen LogP contribution in [-0.2, 0) is 0 Å². The second-order valence-corrected chi connectivity index (χ2v) is 6.60. The van der Waals surface area contributed by atoms with E-state index in [0.29, 0.717) is 17.8 Å². The molecule has 0 spiro atoms. The average Bonchev–Trinajstić information content (AvgIpc) is 3.07. The van der Waals surface area contributed by atoms with Crippen LogP contribution in [0, 0.1) is 13.8 Å². The number of aromatic nitrogens is 2. The van der Waals surface area contributed by atoms with Gasteiger partial charge in [0.2, 0.25) is 0 Å². The van der Waals surface area contributed by atoms with Gasteiger partial charge in [-0.2, -0.15) is 0 Å². The van der Waals surface area contributed by atoms with Gasteiger partial charge in [-0.3, -0.25) is 4.79 Å². The first-order valence-corrected chi connectivity index (χ1v) is 9.22. The van der Waals surface area contributed by atoms with Gasteiger partial charge in [-0.15, -0.1) is 0 Å². The molecular formula is C21H26N4O2. The Hall–Kier alpha value is -2.86. The van der Waals surface area contributed by atoms with E-state index in [-0.39, 0.29) is 5.91 Å². The van der Waals surface area contributed by atoms with Crippen LogP contribution < -0.4 is 15.4 Å². The smallest absolute Gasteiger partial charge is 0.259 e. The fourth-order valence-corrected chi connectivity index (χ4v) is 3.00. The van der Waals surface area contributed by atoms with Crippen molar-refractivity contribution < 1.29 is 9.53 Å². The highest BCUT2D eigenvalue weighted by molar-refractivity contribution is 6.08. The van der Waals surface area contributed by atoms with Gasteiger partial charge in [-0.05, 0) is 76.7 Å². The number of carbonyl (C=O) groups is 1. The summed E-state index contributed by atoms with van der Waals surface area (Å²) in [4.78, 5) is 17.2. The maximum absolute atomic E-state index is 12.7. The van der Waals surface area contributed by atoms with Gasteiger partial charge in [-0.25, -0.2) is 4.98 Å². The van der Waals surface area contributed by atoms with E-state index in [0.717, 1.165) is 42.2 Å². The summed E-state index contributed by atoms with van der Waals surface area (Å²) < 4.78 is 7.64. The molecule has 142 valence electrons. The van der Waals surface area contributed by atoms with Gasteiger partial charge in [0.1, 0.15) is 11.4 Å². The molecule has 0 unspecified atom stereocenters. The SMILES string of the molecule is CNCCCCOc1ccc(NC(=O)c2ccn3c(C)cc(C)nc23)cc1. The Labute approximate surface area is 159 Å². The largest absolute Gasteiger partial charge is 0.494 e. The van der Waals surface area contributed by atoms with Crippen LogP contribution >= 0.6 is 0 Å². The maximum atomic E-state index is 12.7. The van der Waals surface area contributed by atoms with Crippen LogP contribution in [0.15, 0.2) is 42.6 Å². The van der Waals surface area contributed by atoms with Crippen LogP contribution in [0.3, 0.4) is 0 Å². The monoisotopic (exact) mass is 366 g/mol. The summed E-state index contributed by atoms with van der Waals surface area (Å²) in [6, 6.07) is 11.2. The molecule has 6 heteroatoms. The van der Waals surface area contributed by atoms with E-state index in [2.05, 4.69) is 15.6 Å². The van der Waals surface area contributed by atoms with E-state index in [1.807, 2.05) is 61.8 Å². The molecule has 0 fully saturated rings. The third kappa shape index (κ3) is 4.65. The summed E-state index contributed by atoms with van der Waals surface area (Å²) in [6.07, 6.45) is 3.97. The summed E-state index contributed by atoms with van der Waals surface area (Å²) >= 11 is 0. The average molecular weight is 366 g/mol. The summed E-state index contributed by atoms with van der Waals surface area (Å²) in [6.45, 7) is 5.62. The molecule has 2 heterocycles. The predicted molar refractivity (Wildman–Crippen MR) is 108 cm³/mol. The lowest BCUT2D eigenvalue weighted by Crippen LogP contribution is -2.12. The summed E-state index contributed by atoms with van der Waals surface area (Å²) in [5.74, 6) is 0.635. The number of aryl methyl sites for hydroxylation is 2. The van der Waals surface area contributed by atoms with E-state index in [1.165, 1.54) is 0 Å². The van der Waals surface area contributed by atoms with Crippen molar-refractivity contribution in [1.82, 2.24) is 14.7 Å². The zero-order valence-corrected chi connectivity index (χ0v) is 16.1. The summed E-state index contributed by atoms with van der Waals surface area (Å²) in [5.41, 5.74) is 3.90. The van der Waals surface area contributed by atoms with E-state index in [1.54, 1.807) is 6.07 Å². The molecule has 27 heavy (non-hydrogen) atoms. The maximum Gasteiger partial charge on any atom is 0.259 e. The third-order valence-electron chi connectivity index (χ3n) is 4.39. The Balaban J connectivity index is 1.63. The van der Waals surface area contributed by atoms with Gasteiger partial charge < -0.3 is 19.8 Å². The van der Waals surface area contributed by atoms with Crippen molar-refractivity contribution in [1.29, 1.82) is 0 Å². The molecule has 3 aromatic rings. The normalized spacial score (nSPS) is 10.9. The van der Waals surface area contributed by atoms with Crippen LogP contribution in [0.1, 0.15) is 34.6 Å². The number of nitrogens with zero attached hydrogens (tertiary/aromatic N) is 2. The quantitative estimate of drug-likeness (QED) is 0.598. The zero-order chi connectivity index (χ0) is 19.2. The van der Waals surface area contributed by atoms with Gasteiger partial charge in [-0.1, -0.05) is 0 Å². The molecule has 0 saturated carbocycles. The Morgan fingerprint density at radius 3 is 2.67 bits per heavy atom. The summed E-state index contributed by atoms with van der Waals surface area (Å²) in [5, 5.41) is 6.05. The number of amides is 1. The fraction of sp³-hybridized carbons (Fsp3) is 0.333. The van der Waals surface area contributed by atoms with E-state index >= 15 is 0 Å². The third-order valence-corrected chi connectivity index (χ3v) is 4.39. The van der Waals surface area contributed by atoms with Gasteiger partial charge in [0.25, 0.3) is 5.91 Å². The molecule has 2 aromatic heterocycles. The second kappa shape index (κ2) is 8.68. The molecular weight excluding hydrogens is 340 g/mol. The molecule has 1 aromatic carbocycles. The number of unbranched alkanes of at least 4 members (excludes halogenated alkanes) is 1. The number of benzene rings is 1. The Kier molecular flexibility index (Phi) is 6.08. The number of rotatable bonds is 8. The first kappa shape index (κ1) is 18.9. The molecule has 0 radical (unpaired) electrons. The lowest BCUT2D eigenvalue weighted by atomic mass is 10.2. The van der Waals surface area contributed by atoms with Crippen LogP contribution in [0.2, 0.25) is 0 Å². The molecule has 0 aliphatic rings. The van der Waals surface area contributed by atoms with E-state index in [4.69, 9.17) is 4.74 Å². The van der Waals surface area contributed by atoms with Gasteiger partial charge >= 0.3 is 0 Å². The Bertz CT molecular complexity index is 916. The van der Waals surface area contributed by atoms with Crippen LogP contribution in [0.5, 0.6) is 5.75 Å². The topological polar surface area (TPSA) is 67.7 Å². The van der Waals surface area contributed by atoms with Crippen molar-refractivity contribution in [2.24, 2.45) is 0 Å². The van der Waals surface area contributed by atoms with E-state index in [9.17, 15) is 4.79 Å². The van der Waals surface area contributed by atoms with Gasteiger partial charge in [0, 0.05) is 23.3 Å². The van der Waals surface area contributed by atoms with Crippen LogP contribution in [-0.4, -0.2) is 35.5 Å².